The van der Waals surface area contributed by atoms with Gasteiger partial charge in [0, 0.05) is 0 Å². The number of nitriles is 1. The number of hydrogen-bond donors (Lipinski definition) is 3. The van der Waals surface area contributed by atoms with E-state index in [9.17, 15) is 23.6 Å². The van der Waals surface area contributed by atoms with Gasteiger partial charge in [-0.1, -0.05) is 41.4 Å². The van der Waals surface area contributed by atoms with E-state index in [1.807, 2.05) is 4.72 Å². The molecule has 0 amide bonds. The van der Waals surface area contributed by atoms with E-state index >= 15 is 0 Å². The van der Waals surface area contributed by atoms with Crippen LogP contribution in [0.3, 0.4) is 0 Å². The molecule has 0 saturated carbocycles. The molecule has 0 radical (unpaired) electrons. The monoisotopic (exact) mass is 480 g/mol. The fourth-order valence-corrected chi connectivity index (χ4v) is 4.67. The molecule has 0 unspecified atom stereocenters. The number of benzene rings is 2. The summed E-state index contributed by atoms with van der Waals surface area (Å²) in [5, 5.41) is 19.3. The Hall–Kier alpha value is -3.10. The van der Waals surface area contributed by atoms with Gasteiger partial charge < -0.3 is 14.8 Å². The van der Waals surface area contributed by atoms with Crippen molar-refractivity contribution in [1.29, 1.82) is 5.26 Å². The molecule has 3 aromatic rings. The Morgan fingerprint density at radius 2 is 1.87 bits per heavy atom. The number of allylic oxidation sites excluding steroid dienone is 1. The molecule has 0 bridgehead atoms. The van der Waals surface area contributed by atoms with Gasteiger partial charge in [-0.15, -0.1) is 0 Å². The number of hydrogen-bond acceptors (Lipinski definition) is 7. The molecule has 1 aromatic heterocycles. The van der Waals surface area contributed by atoms with E-state index in [2.05, 4.69) is 9.97 Å². The van der Waals surface area contributed by atoms with Crippen molar-refractivity contribution in [3.63, 3.8) is 0 Å². The molecule has 0 aliphatic heterocycles. The Morgan fingerprint density at radius 3 is 2.52 bits per heavy atom. The van der Waals surface area contributed by atoms with E-state index in [-0.39, 0.29) is 26.3 Å². The van der Waals surface area contributed by atoms with E-state index in [1.54, 1.807) is 30.3 Å². The second-order valence-electron chi connectivity index (χ2n) is 6.07. The van der Waals surface area contributed by atoms with Crippen molar-refractivity contribution in [3.05, 3.63) is 64.1 Å². The van der Waals surface area contributed by atoms with Crippen molar-refractivity contribution in [2.45, 2.75) is 4.90 Å². The van der Waals surface area contributed by atoms with Gasteiger partial charge in [0.25, 0.3) is 0 Å². The van der Waals surface area contributed by atoms with E-state index in [0.717, 1.165) is 0 Å². The van der Waals surface area contributed by atoms with E-state index in [1.165, 1.54) is 18.2 Å². The summed E-state index contributed by atoms with van der Waals surface area (Å²) in [6, 6.07) is 13.0. The minimum Gasteiger partial charge on any atom is -0.507 e. The molecule has 160 valence electrons. The third-order valence-corrected chi connectivity index (χ3v) is 6.35. The van der Waals surface area contributed by atoms with Crippen LogP contribution in [0.2, 0.25) is 10.0 Å². The van der Waals surface area contributed by atoms with Crippen molar-refractivity contribution in [3.8, 4) is 6.07 Å². The highest BCUT2D eigenvalue weighted by molar-refractivity contribution is 7.89. The number of rotatable bonds is 7. The number of nitrogens with one attached hydrogen (secondary N) is 2. The lowest BCUT2D eigenvalue weighted by atomic mass is 10.2. The van der Waals surface area contributed by atoms with Gasteiger partial charge >= 0.3 is 5.97 Å². The first-order valence-electron chi connectivity index (χ1n) is 8.59. The standard InChI is InChI=1S/C19H14Cl2N4O5S/c20-12-4-3-5-13(21)18(12)31(28,29)23-9-17(27)30-10-16(26)11(8-22)19-24-14-6-1-2-7-15(14)25-19/h1-7,23,26H,9-10H2,(H,24,25)/b16-11+. The number of fused-ring (bicyclic) bond motifs is 1. The number of imidazole rings is 1. The number of nitrogens with zero attached hydrogens (tertiary/aromatic N) is 2. The molecule has 31 heavy (non-hydrogen) atoms. The van der Waals surface area contributed by atoms with Crippen molar-refractivity contribution >= 4 is 55.8 Å². The van der Waals surface area contributed by atoms with Crippen LogP contribution in [0.4, 0.5) is 0 Å². The molecule has 0 aliphatic rings. The predicted molar refractivity (Wildman–Crippen MR) is 114 cm³/mol. The smallest absolute Gasteiger partial charge is 0.321 e. The molecule has 9 nitrogen and oxygen atoms in total. The number of halogens is 2. The van der Waals surface area contributed by atoms with Crippen molar-refractivity contribution < 1.29 is 23.1 Å². The summed E-state index contributed by atoms with van der Waals surface area (Å²) in [7, 11) is -4.19. The highest BCUT2D eigenvalue weighted by Crippen LogP contribution is 2.28. The summed E-state index contributed by atoms with van der Waals surface area (Å²) < 4.78 is 31.5. The minimum atomic E-state index is -4.19. The summed E-state index contributed by atoms with van der Waals surface area (Å²) in [6.45, 7) is -1.41. The van der Waals surface area contributed by atoms with Gasteiger partial charge in [-0.05, 0) is 24.3 Å². The van der Waals surface area contributed by atoms with Gasteiger partial charge in [-0.3, -0.25) is 4.79 Å². The Kier molecular flexibility index (Phi) is 6.82. The number of para-hydroxylation sites is 2. The van der Waals surface area contributed by atoms with Gasteiger partial charge in [0.15, 0.2) is 11.6 Å². The van der Waals surface area contributed by atoms with Crippen LogP contribution in [0, 0.1) is 11.3 Å². The third kappa shape index (κ3) is 5.15. The Labute approximate surface area is 186 Å². The topological polar surface area (TPSA) is 145 Å². The highest BCUT2D eigenvalue weighted by Gasteiger charge is 2.23. The molecule has 3 N–H and O–H groups in total. The molecule has 0 saturated heterocycles. The van der Waals surface area contributed by atoms with Gasteiger partial charge in [-0.25, -0.2) is 13.4 Å². The SMILES string of the molecule is N#C/C(=C(\O)COC(=O)CNS(=O)(=O)c1c(Cl)cccc1Cl)c1nc2ccccc2[nH]1. The van der Waals surface area contributed by atoms with Crippen LogP contribution in [0.15, 0.2) is 53.1 Å². The first-order chi connectivity index (χ1) is 14.7. The molecule has 12 heteroatoms. The summed E-state index contributed by atoms with van der Waals surface area (Å²) in [6.07, 6.45) is 0. The normalized spacial score (nSPS) is 12.3. The summed E-state index contributed by atoms with van der Waals surface area (Å²) >= 11 is 11.7. The molecule has 3 rings (SSSR count). The fraction of sp³-hybridized carbons (Fsp3) is 0.105. The maximum atomic E-state index is 12.3. The molecular weight excluding hydrogens is 467 g/mol. The van der Waals surface area contributed by atoms with Crippen LogP contribution < -0.4 is 4.72 Å². The maximum absolute atomic E-state index is 12.3. The van der Waals surface area contributed by atoms with Crippen molar-refractivity contribution in [2.24, 2.45) is 0 Å². The molecule has 0 aliphatic carbocycles. The molecular formula is C19H14Cl2N4O5S. The number of sulfonamides is 1. The van der Waals surface area contributed by atoms with Crippen LogP contribution >= 0.6 is 23.2 Å². The third-order valence-electron chi connectivity index (χ3n) is 3.99. The summed E-state index contributed by atoms with van der Waals surface area (Å²) in [4.78, 5) is 18.6. The van der Waals surface area contributed by atoms with Crippen LogP contribution in [-0.2, 0) is 19.6 Å². The van der Waals surface area contributed by atoms with Crippen molar-refractivity contribution in [2.75, 3.05) is 13.2 Å². The Balaban J connectivity index is 1.66. The lowest BCUT2D eigenvalue weighted by Gasteiger charge is -2.10. The van der Waals surface area contributed by atoms with Gasteiger partial charge in [0.1, 0.15) is 29.7 Å². The number of carbonyl (C=O) groups excluding carboxylic acids is 1. The molecule has 0 atom stereocenters. The number of carbonyl (C=O) groups is 1. The van der Waals surface area contributed by atoms with Crippen LogP contribution in [0.25, 0.3) is 16.6 Å². The average Bonchev–Trinajstić information content (AvgIpc) is 3.14. The van der Waals surface area contributed by atoms with Crippen LogP contribution in [0.5, 0.6) is 0 Å². The second kappa shape index (κ2) is 9.36. The second-order valence-corrected chi connectivity index (χ2v) is 8.59. The number of aromatic nitrogens is 2. The number of esters is 1. The van der Waals surface area contributed by atoms with Crippen molar-refractivity contribution in [1.82, 2.24) is 14.7 Å². The number of aromatic amines is 1. The number of H-pyrrole nitrogens is 1. The van der Waals surface area contributed by atoms with E-state index in [0.29, 0.717) is 11.0 Å². The predicted octanol–water partition coefficient (Wildman–Crippen LogP) is 3.18. The number of ether oxygens (including phenoxy) is 1. The lowest BCUT2D eigenvalue weighted by molar-refractivity contribution is -0.141. The molecule has 2 aromatic carbocycles. The zero-order valence-corrected chi connectivity index (χ0v) is 17.9. The largest absolute Gasteiger partial charge is 0.507 e. The Morgan fingerprint density at radius 1 is 1.19 bits per heavy atom. The van der Waals surface area contributed by atoms with Gasteiger partial charge in [0.2, 0.25) is 10.0 Å². The van der Waals surface area contributed by atoms with Gasteiger partial charge in [-0.2, -0.15) is 9.98 Å². The zero-order valence-electron chi connectivity index (χ0n) is 15.6. The summed E-state index contributed by atoms with van der Waals surface area (Å²) in [5.41, 5.74) is 1.03. The molecule has 0 spiro atoms. The highest BCUT2D eigenvalue weighted by atomic mass is 35.5. The van der Waals surface area contributed by atoms with E-state index in [4.69, 9.17) is 27.9 Å². The first-order valence-corrected chi connectivity index (χ1v) is 10.8. The number of aliphatic hydroxyl groups excluding tert-OH is 1. The van der Waals surface area contributed by atoms with Crippen LogP contribution in [0.1, 0.15) is 5.82 Å². The molecule has 0 fully saturated rings. The minimum absolute atomic E-state index is 0.103. The lowest BCUT2D eigenvalue weighted by Crippen LogP contribution is -2.31. The maximum Gasteiger partial charge on any atom is 0.321 e. The first kappa shape index (κ1) is 22.6. The quantitative estimate of drug-likeness (QED) is 0.267. The Bertz CT molecular complexity index is 1280. The summed E-state index contributed by atoms with van der Waals surface area (Å²) in [5.74, 6) is -1.45. The molecule has 1 heterocycles. The van der Waals surface area contributed by atoms with Gasteiger partial charge in [0.05, 0.1) is 21.1 Å². The zero-order chi connectivity index (χ0) is 22.6. The number of aliphatic hydroxyl groups is 1. The average molecular weight is 481 g/mol. The van der Waals surface area contributed by atoms with E-state index < -0.39 is 34.9 Å². The van der Waals surface area contributed by atoms with Crippen LogP contribution in [-0.4, -0.2) is 42.6 Å². The fourth-order valence-electron chi connectivity index (χ4n) is 2.56.